The molecule has 2 rings (SSSR count). The molecular weight excluding hydrogens is 238 g/mol. The largest absolute Gasteiger partial charge is 0.341 e. The molecule has 1 aromatic heterocycles. The van der Waals surface area contributed by atoms with Crippen LogP contribution in [0.4, 0.5) is 0 Å². The number of rotatable bonds is 4. The first kappa shape index (κ1) is 14.0. The Morgan fingerprint density at radius 3 is 2.63 bits per heavy atom. The number of nitrogens with zero attached hydrogens (tertiary/aromatic N) is 3. The molecule has 104 valence electrons. The number of piperidine rings is 1. The monoisotopic (exact) mass is 261 g/mol. The third-order valence-electron chi connectivity index (χ3n) is 3.90. The molecule has 0 aromatic carbocycles. The van der Waals surface area contributed by atoms with Gasteiger partial charge in [-0.1, -0.05) is 0 Å². The van der Waals surface area contributed by atoms with Crippen LogP contribution in [0.2, 0.25) is 0 Å². The fraction of sp³-hybridized carbons (Fsp3) is 0.600. The van der Waals surface area contributed by atoms with Crippen molar-refractivity contribution < 1.29 is 4.79 Å². The van der Waals surface area contributed by atoms with Crippen LogP contribution >= 0.6 is 0 Å². The Morgan fingerprint density at radius 1 is 1.37 bits per heavy atom. The van der Waals surface area contributed by atoms with Gasteiger partial charge < -0.3 is 9.80 Å². The van der Waals surface area contributed by atoms with Gasteiger partial charge in [-0.15, -0.1) is 0 Å². The molecule has 0 spiro atoms. The summed E-state index contributed by atoms with van der Waals surface area (Å²) in [7, 11) is 4.03. The highest BCUT2D eigenvalue weighted by Gasteiger charge is 2.21. The summed E-state index contributed by atoms with van der Waals surface area (Å²) in [4.78, 5) is 20.3. The van der Waals surface area contributed by atoms with Gasteiger partial charge in [0.25, 0.3) is 0 Å². The zero-order valence-corrected chi connectivity index (χ0v) is 11.9. The maximum atomic E-state index is 12.2. The smallest absolute Gasteiger partial charge is 0.222 e. The molecule has 1 aromatic rings. The summed E-state index contributed by atoms with van der Waals surface area (Å²) in [5, 5.41) is 0. The Hall–Kier alpha value is -1.42. The van der Waals surface area contributed by atoms with E-state index in [1.54, 1.807) is 12.4 Å². The molecule has 0 aliphatic carbocycles. The SMILES string of the molecule is CN1CCC(CC(=O)N(C)Cc2ccncc2)CC1. The molecule has 0 radical (unpaired) electrons. The van der Waals surface area contributed by atoms with Crippen molar-refractivity contribution >= 4 is 5.91 Å². The Morgan fingerprint density at radius 2 is 2.00 bits per heavy atom. The lowest BCUT2D eigenvalue weighted by Crippen LogP contribution is -2.34. The van der Waals surface area contributed by atoms with Crippen LogP contribution in [-0.4, -0.2) is 47.9 Å². The summed E-state index contributed by atoms with van der Waals surface area (Å²) < 4.78 is 0. The standard InChI is InChI=1S/C15H23N3O/c1-17-9-5-13(6-10-17)11-15(19)18(2)12-14-3-7-16-8-4-14/h3-4,7-8,13H,5-6,9-12H2,1-2H3. The van der Waals surface area contributed by atoms with Gasteiger partial charge in [0.2, 0.25) is 5.91 Å². The molecule has 1 saturated heterocycles. The van der Waals surface area contributed by atoms with E-state index in [1.807, 2.05) is 24.1 Å². The number of pyridine rings is 1. The van der Waals surface area contributed by atoms with Crippen molar-refractivity contribution in [2.75, 3.05) is 27.2 Å². The third-order valence-corrected chi connectivity index (χ3v) is 3.90. The highest BCUT2D eigenvalue weighted by molar-refractivity contribution is 5.76. The van der Waals surface area contributed by atoms with Gasteiger partial charge in [0, 0.05) is 32.4 Å². The first-order chi connectivity index (χ1) is 9.15. The number of aromatic nitrogens is 1. The van der Waals surface area contributed by atoms with Crippen LogP contribution in [0, 0.1) is 5.92 Å². The molecule has 0 saturated carbocycles. The zero-order valence-electron chi connectivity index (χ0n) is 11.9. The molecule has 1 amide bonds. The van der Waals surface area contributed by atoms with Crippen LogP contribution in [0.15, 0.2) is 24.5 Å². The van der Waals surface area contributed by atoms with E-state index in [4.69, 9.17) is 0 Å². The lowest BCUT2D eigenvalue weighted by molar-refractivity contribution is -0.131. The van der Waals surface area contributed by atoms with Gasteiger partial charge >= 0.3 is 0 Å². The van der Waals surface area contributed by atoms with Crippen molar-refractivity contribution in [3.05, 3.63) is 30.1 Å². The average Bonchev–Trinajstić information content (AvgIpc) is 2.42. The number of carbonyl (C=O) groups excluding carboxylic acids is 1. The van der Waals surface area contributed by atoms with Crippen molar-refractivity contribution in [1.82, 2.24) is 14.8 Å². The van der Waals surface area contributed by atoms with Gasteiger partial charge in [0.05, 0.1) is 0 Å². The van der Waals surface area contributed by atoms with Crippen LogP contribution in [0.25, 0.3) is 0 Å². The summed E-state index contributed by atoms with van der Waals surface area (Å²) in [6.07, 6.45) is 6.52. The van der Waals surface area contributed by atoms with E-state index in [0.717, 1.165) is 31.5 Å². The Bertz CT molecular complexity index is 399. The molecule has 0 atom stereocenters. The number of hydrogen-bond donors (Lipinski definition) is 0. The second kappa shape index (κ2) is 6.66. The van der Waals surface area contributed by atoms with Crippen molar-refractivity contribution in [2.45, 2.75) is 25.8 Å². The molecule has 19 heavy (non-hydrogen) atoms. The molecule has 1 aliphatic heterocycles. The predicted octanol–water partition coefficient (Wildman–Crippen LogP) is 1.77. The molecule has 2 heterocycles. The molecule has 0 unspecified atom stereocenters. The van der Waals surface area contributed by atoms with Crippen LogP contribution in [0.3, 0.4) is 0 Å². The van der Waals surface area contributed by atoms with E-state index in [9.17, 15) is 4.79 Å². The molecule has 1 aliphatic rings. The molecule has 0 N–H and O–H groups in total. The van der Waals surface area contributed by atoms with Crippen LogP contribution < -0.4 is 0 Å². The van der Waals surface area contributed by atoms with Gasteiger partial charge in [-0.05, 0) is 56.6 Å². The third kappa shape index (κ3) is 4.31. The number of amides is 1. The number of hydrogen-bond acceptors (Lipinski definition) is 3. The van der Waals surface area contributed by atoms with E-state index < -0.39 is 0 Å². The lowest BCUT2D eigenvalue weighted by atomic mass is 9.93. The summed E-state index contributed by atoms with van der Waals surface area (Å²) in [6.45, 7) is 2.91. The summed E-state index contributed by atoms with van der Waals surface area (Å²) in [6, 6.07) is 3.92. The second-order valence-electron chi connectivity index (χ2n) is 5.56. The van der Waals surface area contributed by atoms with E-state index >= 15 is 0 Å². The normalized spacial score (nSPS) is 17.4. The van der Waals surface area contributed by atoms with E-state index in [2.05, 4.69) is 16.9 Å². The quantitative estimate of drug-likeness (QED) is 0.829. The highest BCUT2D eigenvalue weighted by Crippen LogP contribution is 2.20. The molecule has 4 nitrogen and oxygen atoms in total. The lowest BCUT2D eigenvalue weighted by Gasteiger charge is -2.29. The average molecular weight is 261 g/mol. The maximum Gasteiger partial charge on any atom is 0.222 e. The number of carbonyl (C=O) groups is 1. The molecule has 0 bridgehead atoms. The number of likely N-dealkylation sites (tertiary alicyclic amines) is 1. The molecular formula is C15H23N3O. The topological polar surface area (TPSA) is 36.4 Å². The van der Waals surface area contributed by atoms with E-state index in [-0.39, 0.29) is 5.91 Å². The van der Waals surface area contributed by atoms with Gasteiger partial charge in [-0.2, -0.15) is 0 Å². The molecule has 1 fully saturated rings. The minimum atomic E-state index is 0.256. The first-order valence-corrected chi connectivity index (χ1v) is 6.96. The summed E-state index contributed by atoms with van der Waals surface area (Å²) >= 11 is 0. The minimum Gasteiger partial charge on any atom is -0.341 e. The second-order valence-corrected chi connectivity index (χ2v) is 5.56. The zero-order chi connectivity index (χ0) is 13.7. The van der Waals surface area contributed by atoms with E-state index in [0.29, 0.717) is 18.9 Å². The van der Waals surface area contributed by atoms with Gasteiger partial charge in [0.15, 0.2) is 0 Å². The fourth-order valence-electron chi connectivity index (χ4n) is 2.52. The minimum absolute atomic E-state index is 0.256. The van der Waals surface area contributed by atoms with Crippen molar-refractivity contribution in [3.63, 3.8) is 0 Å². The summed E-state index contributed by atoms with van der Waals surface area (Å²) in [5.41, 5.74) is 1.13. The Labute approximate surface area is 115 Å². The fourth-order valence-corrected chi connectivity index (χ4v) is 2.52. The van der Waals surface area contributed by atoms with Gasteiger partial charge in [-0.3, -0.25) is 9.78 Å². The van der Waals surface area contributed by atoms with Crippen molar-refractivity contribution in [2.24, 2.45) is 5.92 Å². The van der Waals surface area contributed by atoms with E-state index in [1.165, 1.54) is 0 Å². The van der Waals surface area contributed by atoms with Gasteiger partial charge in [-0.25, -0.2) is 0 Å². The Kier molecular flexibility index (Phi) is 4.91. The van der Waals surface area contributed by atoms with Crippen LogP contribution in [-0.2, 0) is 11.3 Å². The van der Waals surface area contributed by atoms with Crippen molar-refractivity contribution in [3.8, 4) is 0 Å². The Balaban J connectivity index is 1.79. The first-order valence-electron chi connectivity index (χ1n) is 6.96. The van der Waals surface area contributed by atoms with Gasteiger partial charge in [0.1, 0.15) is 0 Å². The summed E-state index contributed by atoms with van der Waals surface area (Å²) in [5.74, 6) is 0.815. The maximum absolute atomic E-state index is 12.2. The van der Waals surface area contributed by atoms with Crippen molar-refractivity contribution in [1.29, 1.82) is 0 Å². The predicted molar refractivity (Wildman–Crippen MR) is 75.5 cm³/mol. The molecule has 4 heteroatoms. The highest BCUT2D eigenvalue weighted by atomic mass is 16.2. The van der Waals surface area contributed by atoms with Crippen LogP contribution in [0.5, 0.6) is 0 Å². The van der Waals surface area contributed by atoms with Crippen LogP contribution in [0.1, 0.15) is 24.8 Å².